The first-order valence-corrected chi connectivity index (χ1v) is 4.84. The first-order chi connectivity index (χ1) is 4.48. The van der Waals surface area contributed by atoms with E-state index >= 15 is 0 Å². The molecule has 1 atom stereocenters. The van der Waals surface area contributed by atoms with Gasteiger partial charge in [0.05, 0.1) is 11.5 Å². The fourth-order valence-electron chi connectivity index (χ4n) is 0.613. The van der Waals surface area contributed by atoms with Crippen LogP contribution in [-0.4, -0.2) is 32.6 Å². The summed E-state index contributed by atoms with van der Waals surface area (Å²) in [6.45, 7) is 1.28. The lowest BCUT2D eigenvalue weighted by atomic mass is 10.5. The van der Waals surface area contributed by atoms with Gasteiger partial charge >= 0.3 is 0 Å². The molecular weight excluding hydrogens is 157 g/mol. The van der Waals surface area contributed by atoms with Crippen molar-refractivity contribution >= 4 is 9.84 Å². The van der Waals surface area contributed by atoms with Gasteiger partial charge in [0.1, 0.15) is 6.17 Å². The molecule has 3 nitrogen and oxygen atoms in total. The topological polar surface area (TPSA) is 60.2 Å². The molecule has 0 amide bonds. The van der Waals surface area contributed by atoms with E-state index in [0.29, 0.717) is 0 Å². The van der Waals surface area contributed by atoms with Crippen LogP contribution in [0, 0.1) is 0 Å². The average molecular weight is 169 g/mol. The Bertz CT molecular complexity index is 176. The molecule has 0 bridgehead atoms. The van der Waals surface area contributed by atoms with E-state index in [4.69, 9.17) is 5.73 Å². The molecule has 0 aliphatic carbocycles. The van der Waals surface area contributed by atoms with Crippen molar-refractivity contribution in [1.29, 1.82) is 0 Å². The molecule has 5 heteroatoms. The second-order valence-corrected chi connectivity index (χ2v) is 4.41. The molecule has 10 heavy (non-hydrogen) atoms. The van der Waals surface area contributed by atoms with Crippen molar-refractivity contribution in [1.82, 2.24) is 0 Å². The molecule has 0 aliphatic rings. The molecule has 0 saturated carbocycles. The van der Waals surface area contributed by atoms with Gasteiger partial charge in [0, 0.05) is 6.54 Å². The number of hydrogen-bond donors (Lipinski definition) is 1. The van der Waals surface area contributed by atoms with Crippen molar-refractivity contribution < 1.29 is 12.8 Å². The summed E-state index contributed by atoms with van der Waals surface area (Å²) >= 11 is 0. The molecule has 62 valence electrons. The van der Waals surface area contributed by atoms with Crippen molar-refractivity contribution in [3.63, 3.8) is 0 Å². The van der Waals surface area contributed by atoms with E-state index in [-0.39, 0.29) is 12.3 Å². The number of halogens is 1. The number of alkyl halides is 1. The Labute approximate surface area is 60.3 Å². The Balaban J connectivity index is 3.89. The minimum absolute atomic E-state index is 0.0645. The van der Waals surface area contributed by atoms with Crippen LogP contribution in [0.1, 0.15) is 6.92 Å². The highest BCUT2D eigenvalue weighted by Crippen LogP contribution is 1.96. The van der Waals surface area contributed by atoms with Gasteiger partial charge in [-0.05, 0) is 6.92 Å². The van der Waals surface area contributed by atoms with Crippen LogP contribution in [0.3, 0.4) is 0 Å². The summed E-state index contributed by atoms with van der Waals surface area (Å²) in [6.07, 6.45) is -1.29. The maximum Gasteiger partial charge on any atom is 0.154 e. The summed E-state index contributed by atoms with van der Waals surface area (Å²) in [6, 6.07) is 0. The second kappa shape index (κ2) is 3.88. The maximum atomic E-state index is 12.1. The monoisotopic (exact) mass is 169 g/mol. The first kappa shape index (κ1) is 9.84. The molecule has 2 N–H and O–H groups in total. The number of nitrogens with two attached hydrogens (primary N) is 1. The Kier molecular flexibility index (Phi) is 3.81. The SMILES string of the molecule is CC(F)CS(=O)(=O)CCN. The summed E-state index contributed by atoms with van der Waals surface area (Å²) in [5, 5.41) is 0. The largest absolute Gasteiger partial charge is 0.329 e. The lowest BCUT2D eigenvalue weighted by Gasteiger charge is -2.01. The van der Waals surface area contributed by atoms with Crippen molar-refractivity contribution in [2.24, 2.45) is 5.73 Å². The van der Waals surface area contributed by atoms with Gasteiger partial charge in [-0.3, -0.25) is 0 Å². The third-order valence-electron chi connectivity index (χ3n) is 0.912. The van der Waals surface area contributed by atoms with Crippen LogP contribution >= 0.6 is 0 Å². The Morgan fingerprint density at radius 3 is 2.40 bits per heavy atom. The van der Waals surface area contributed by atoms with E-state index in [1.54, 1.807) is 0 Å². The molecular formula is C5H12FNO2S. The second-order valence-electron chi connectivity index (χ2n) is 2.18. The molecule has 0 rings (SSSR count). The third kappa shape index (κ3) is 4.69. The lowest BCUT2D eigenvalue weighted by molar-refractivity contribution is 0.391. The molecule has 0 heterocycles. The Morgan fingerprint density at radius 1 is 1.60 bits per heavy atom. The van der Waals surface area contributed by atoms with E-state index in [0.717, 1.165) is 0 Å². The number of hydrogen-bond acceptors (Lipinski definition) is 3. The molecule has 0 aromatic heterocycles. The van der Waals surface area contributed by atoms with Gasteiger partial charge in [0.2, 0.25) is 0 Å². The summed E-state index contributed by atoms with van der Waals surface area (Å²) in [5.41, 5.74) is 4.99. The summed E-state index contributed by atoms with van der Waals surface area (Å²) < 4.78 is 33.5. The molecule has 0 radical (unpaired) electrons. The standard InChI is InChI=1S/C5H12FNO2S/c1-5(6)4-10(8,9)3-2-7/h5H,2-4,7H2,1H3. The Hall–Kier alpha value is -0.160. The normalized spacial score (nSPS) is 15.1. The van der Waals surface area contributed by atoms with Crippen LogP contribution in [0.15, 0.2) is 0 Å². The number of rotatable bonds is 4. The zero-order valence-electron chi connectivity index (χ0n) is 5.88. The number of sulfone groups is 1. The Morgan fingerprint density at radius 2 is 2.10 bits per heavy atom. The zero-order valence-corrected chi connectivity index (χ0v) is 6.70. The highest BCUT2D eigenvalue weighted by molar-refractivity contribution is 7.91. The van der Waals surface area contributed by atoms with Gasteiger partial charge in [0.15, 0.2) is 9.84 Å². The highest BCUT2D eigenvalue weighted by atomic mass is 32.2. The molecule has 1 unspecified atom stereocenters. The van der Waals surface area contributed by atoms with Crippen LogP contribution in [-0.2, 0) is 9.84 Å². The van der Waals surface area contributed by atoms with Crippen molar-refractivity contribution in [3.05, 3.63) is 0 Å². The minimum atomic E-state index is -3.23. The van der Waals surface area contributed by atoms with Gasteiger partial charge < -0.3 is 5.73 Å². The van der Waals surface area contributed by atoms with Gasteiger partial charge in [-0.15, -0.1) is 0 Å². The molecule has 0 aliphatic heterocycles. The predicted octanol–water partition coefficient (Wildman–Crippen LogP) is -0.282. The van der Waals surface area contributed by atoms with E-state index < -0.39 is 21.8 Å². The van der Waals surface area contributed by atoms with Crippen LogP contribution < -0.4 is 5.73 Å². The molecule has 0 saturated heterocycles. The smallest absolute Gasteiger partial charge is 0.154 e. The summed E-state index contributed by atoms with van der Waals surface area (Å²) in [5.74, 6) is -0.536. The van der Waals surface area contributed by atoms with Gasteiger partial charge in [-0.1, -0.05) is 0 Å². The van der Waals surface area contributed by atoms with Crippen LogP contribution in [0.2, 0.25) is 0 Å². The van der Waals surface area contributed by atoms with E-state index in [1.165, 1.54) is 6.92 Å². The minimum Gasteiger partial charge on any atom is -0.329 e. The van der Waals surface area contributed by atoms with Gasteiger partial charge in [-0.2, -0.15) is 0 Å². The fourth-order valence-corrected chi connectivity index (χ4v) is 1.84. The fraction of sp³-hybridized carbons (Fsp3) is 1.00. The van der Waals surface area contributed by atoms with Gasteiger partial charge in [0.25, 0.3) is 0 Å². The van der Waals surface area contributed by atoms with E-state index in [9.17, 15) is 12.8 Å². The molecule has 0 fully saturated rings. The van der Waals surface area contributed by atoms with Crippen molar-refractivity contribution in [2.45, 2.75) is 13.1 Å². The highest BCUT2D eigenvalue weighted by Gasteiger charge is 2.13. The van der Waals surface area contributed by atoms with Crippen LogP contribution in [0.5, 0.6) is 0 Å². The molecule has 0 aromatic carbocycles. The maximum absolute atomic E-state index is 12.1. The molecule has 0 spiro atoms. The van der Waals surface area contributed by atoms with Crippen molar-refractivity contribution in [2.75, 3.05) is 18.1 Å². The van der Waals surface area contributed by atoms with Gasteiger partial charge in [-0.25, -0.2) is 12.8 Å². The summed E-state index contributed by atoms with van der Waals surface area (Å²) in [7, 11) is -3.23. The van der Waals surface area contributed by atoms with Crippen molar-refractivity contribution in [3.8, 4) is 0 Å². The van der Waals surface area contributed by atoms with Crippen LogP contribution in [0.4, 0.5) is 4.39 Å². The quantitative estimate of drug-likeness (QED) is 0.629. The van der Waals surface area contributed by atoms with E-state index in [1.807, 2.05) is 0 Å². The van der Waals surface area contributed by atoms with Crippen LogP contribution in [0.25, 0.3) is 0 Å². The zero-order chi connectivity index (χ0) is 8.20. The lowest BCUT2D eigenvalue weighted by Crippen LogP contribution is -2.22. The van der Waals surface area contributed by atoms with E-state index in [2.05, 4.69) is 0 Å². The average Bonchev–Trinajstić information content (AvgIpc) is 1.59. The first-order valence-electron chi connectivity index (χ1n) is 3.02. The summed E-state index contributed by atoms with van der Waals surface area (Å²) in [4.78, 5) is 0. The predicted molar refractivity (Wildman–Crippen MR) is 38.3 cm³/mol. The molecule has 0 aromatic rings. The third-order valence-corrected chi connectivity index (χ3v) is 2.74.